The van der Waals surface area contributed by atoms with Crippen LogP contribution in [-0.2, 0) is 14.8 Å². The van der Waals surface area contributed by atoms with Gasteiger partial charge in [-0.1, -0.05) is 35.3 Å². The van der Waals surface area contributed by atoms with Crippen molar-refractivity contribution in [1.82, 2.24) is 9.80 Å². The normalized spacial score (nSPS) is 14.7. The van der Waals surface area contributed by atoms with Crippen molar-refractivity contribution in [2.24, 2.45) is 0 Å². The molecule has 0 bridgehead atoms. The van der Waals surface area contributed by atoms with Crippen molar-refractivity contribution in [2.75, 3.05) is 45.1 Å². The van der Waals surface area contributed by atoms with Crippen molar-refractivity contribution in [3.63, 3.8) is 0 Å². The van der Waals surface area contributed by atoms with Gasteiger partial charge in [0.05, 0.1) is 27.8 Å². The molecule has 1 N–H and O–H groups in total. The molecular weight excluding hydrogens is 561 g/mol. The molecule has 1 aliphatic heterocycles. The summed E-state index contributed by atoms with van der Waals surface area (Å²) in [7, 11) is -0.395. The van der Waals surface area contributed by atoms with Crippen LogP contribution < -0.4 is 9.46 Å². The third-order valence-corrected chi connectivity index (χ3v) is 8.51. The lowest BCUT2D eigenvalue weighted by Crippen LogP contribution is -2.48. The van der Waals surface area contributed by atoms with E-state index < -0.39 is 10.0 Å². The van der Waals surface area contributed by atoms with Crippen molar-refractivity contribution in [3.8, 4) is 11.5 Å². The van der Waals surface area contributed by atoms with Crippen LogP contribution in [0.1, 0.15) is 23.2 Å². The second-order valence-electron chi connectivity index (χ2n) is 9.33. The first-order valence-corrected chi connectivity index (χ1v) is 14.7. The number of benzene rings is 3. The number of carbonyl (C=O) groups excluding carboxylic acids is 1. The maximum atomic E-state index is 13.8. The molecule has 0 aromatic heterocycles. The molecule has 1 fully saturated rings. The predicted molar refractivity (Wildman–Crippen MR) is 154 cm³/mol. The van der Waals surface area contributed by atoms with E-state index in [1.165, 1.54) is 24.3 Å². The van der Waals surface area contributed by atoms with Crippen molar-refractivity contribution >= 4 is 44.8 Å². The Hall–Kier alpha value is -2.82. The Bertz CT molecular complexity index is 1390. The van der Waals surface area contributed by atoms with Gasteiger partial charge in [-0.2, -0.15) is 0 Å². The van der Waals surface area contributed by atoms with E-state index >= 15 is 0 Å². The number of rotatable bonds is 10. The number of hydrogen-bond donors (Lipinski definition) is 1. The number of ether oxygens (including phenoxy) is 2. The van der Waals surface area contributed by atoms with Gasteiger partial charge in [0.25, 0.3) is 15.9 Å². The van der Waals surface area contributed by atoms with Crippen LogP contribution in [0.4, 0.5) is 5.69 Å². The summed E-state index contributed by atoms with van der Waals surface area (Å²) in [4.78, 5) is 17.8. The lowest BCUT2D eigenvalue weighted by molar-refractivity contribution is 0.0506. The van der Waals surface area contributed by atoms with Gasteiger partial charge in [0.15, 0.2) is 0 Å². The van der Waals surface area contributed by atoms with Gasteiger partial charge in [-0.25, -0.2) is 8.42 Å². The minimum Gasteiger partial charge on any atom is -0.456 e. The van der Waals surface area contributed by atoms with E-state index in [-0.39, 0.29) is 28.1 Å². The number of para-hydroxylation sites is 1. The first-order chi connectivity index (χ1) is 18.7. The Morgan fingerprint density at radius 3 is 2.41 bits per heavy atom. The highest BCUT2D eigenvalue weighted by atomic mass is 35.5. The maximum absolute atomic E-state index is 13.8. The van der Waals surface area contributed by atoms with E-state index in [2.05, 4.69) is 16.7 Å². The Kier molecular flexibility index (Phi) is 9.74. The second kappa shape index (κ2) is 13.0. The molecule has 0 saturated carbocycles. The summed E-state index contributed by atoms with van der Waals surface area (Å²) in [5, 5.41) is 0.771. The van der Waals surface area contributed by atoms with Gasteiger partial charge in [-0.15, -0.1) is 0 Å². The lowest BCUT2D eigenvalue weighted by atomic mass is 10.0. The van der Waals surface area contributed by atoms with Crippen LogP contribution in [-0.4, -0.2) is 70.6 Å². The summed E-state index contributed by atoms with van der Waals surface area (Å²) in [6, 6.07) is 17.5. The van der Waals surface area contributed by atoms with Crippen molar-refractivity contribution in [2.45, 2.75) is 23.8 Å². The molecule has 208 valence electrons. The lowest BCUT2D eigenvalue weighted by Gasteiger charge is -2.37. The molecule has 0 atom stereocenters. The molecule has 3 aromatic rings. The minimum atomic E-state index is -4.03. The molecule has 4 rings (SSSR count). The Morgan fingerprint density at radius 2 is 1.74 bits per heavy atom. The zero-order valence-corrected chi connectivity index (χ0v) is 24.1. The topological polar surface area (TPSA) is 88.2 Å². The van der Waals surface area contributed by atoms with E-state index in [0.717, 1.165) is 25.9 Å². The molecule has 8 nitrogen and oxygen atoms in total. The molecule has 1 amide bonds. The van der Waals surface area contributed by atoms with Gasteiger partial charge in [0, 0.05) is 24.7 Å². The Balaban J connectivity index is 1.56. The second-order valence-corrected chi connectivity index (χ2v) is 11.9. The number of anilines is 1. The van der Waals surface area contributed by atoms with Crippen LogP contribution >= 0.6 is 23.2 Å². The zero-order valence-electron chi connectivity index (χ0n) is 21.8. The smallest absolute Gasteiger partial charge is 0.261 e. The van der Waals surface area contributed by atoms with Crippen molar-refractivity contribution < 1.29 is 22.7 Å². The summed E-state index contributed by atoms with van der Waals surface area (Å²) >= 11 is 12.4. The van der Waals surface area contributed by atoms with E-state index in [1.54, 1.807) is 54.5 Å². The fraction of sp³-hybridized carbons (Fsp3) is 0.321. The minimum absolute atomic E-state index is 0.00825. The highest BCUT2D eigenvalue weighted by molar-refractivity contribution is 7.92. The van der Waals surface area contributed by atoms with E-state index in [1.807, 2.05) is 0 Å². The summed E-state index contributed by atoms with van der Waals surface area (Å²) in [6.45, 7) is 2.48. The SMILES string of the molecule is COCCN(C(=O)c1cc(Cl)ccc1NS(=O)(=O)c1ccc(Oc2ccccc2Cl)cc1)C1CCN(C)CC1. The molecule has 0 unspecified atom stereocenters. The average molecular weight is 593 g/mol. The Morgan fingerprint density at radius 1 is 1.05 bits per heavy atom. The third kappa shape index (κ3) is 7.43. The molecule has 39 heavy (non-hydrogen) atoms. The van der Waals surface area contributed by atoms with Crippen LogP contribution in [0.2, 0.25) is 10.0 Å². The third-order valence-electron chi connectivity index (χ3n) is 6.58. The van der Waals surface area contributed by atoms with E-state index in [0.29, 0.717) is 34.7 Å². The molecule has 1 heterocycles. The Labute approximate surface area is 239 Å². The standard InChI is InChI=1S/C28H31Cl2N3O5S/c1-32-15-13-21(14-16-32)33(17-18-37-2)28(34)24-19-20(29)7-12-26(24)31-39(35,36)23-10-8-22(9-11-23)38-27-6-4-3-5-25(27)30/h3-12,19,21,31H,13-18H2,1-2H3. The molecule has 3 aromatic carbocycles. The van der Waals surface area contributed by atoms with Crippen LogP contribution in [0.15, 0.2) is 71.6 Å². The van der Waals surface area contributed by atoms with Crippen LogP contribution in [0, 0.1) is 0 Å². The molecule has 0 spiro atoms. The summed E-state index contributed by atoms with van der Waals surface area (Å²) < 4.78 is 40.2. The quantitative estimate of drug-likeness (QED) is 0.322. The number of likely N-dealkylation sites (tertiary alicyclic amines) is 1. The number of carbonyl (C=O) groups is 1. The van der Waals surface area contributed by atoms with Crippen LogP contribution in [0.3, 0.4) is 0 Å². The first kappa shape index (κ1) is 29.2. The van der Waals surface area contributed by atoms with Crippen LogP contribution in [0.5, 0.6) is 11.5 Å². The van der Waals surface area contributed by atoms with Gasteiger partial charge >= 0.3 is 0 Å². The number of nitrogens with one attached hydrogen (secondary N) is 1. The molecule has 11 heteroatoms. The summed E-state index contributed by atoms with van der Waals surface area (Å²) in [6.07, 6.45) is 1.63. The molecule has 1 saturated heterocycles. The number of methoxy groups -OCH3 is 1. The number of hydrogen-bond acceptors (Lipinski definition) is 6. The molecule has 0 radical (unpaired) electrons. The van der Waals surface area contributed by atoms with Crippen LogP contribution in [0.25, 0.3) is 0 Å². The van der Waals surface area contributed by atoms with Gasteiger partial charge in [0.1, 0.15) is 11.5 Å². The molecule has 1 aliphatic rings. The number of amides is 1. The highest BCUT2D eigenvalue weighted by Gasteiger charge is 2.30. The maximum Gasteiger partial charge on any atom is 0.261 e. The van der Waals surface area contributed by atoms with Gasteiger partial charge in [-0.3, -0.25) is 9.52 Å². The number of halogens is 2. The van der Waals surface area contributed by atoms with Gasteiger partial charge in [-0.05, 0) is 87.6 Å². The number of piperidine rings is 1. The summed E-state index contributed by atoms with van der Waals surface area (Å²) in [5.74, 6) is 0.585. The fourth-order valence-electron chi connectivity index (χ4n) is 4.43. The zero-order chi connectivity index (χ0) is 28.0. The molecular formula is C28H31Cl2N3O5S. The van der Waals surface area contributed by atoms with Crippen molar-refractivity contribution in [1.29, 1.82) is 0 Å². The van der Waals surface area contributed by atoms with Gasteiger partial charge in [0.2, 0.25) is 0 Å². The first-order valence-electron chi connectivity index (χ1n) is 12.5. The van der Waals surface area contributed by atoms with E-state index in [9.17, 15) is 13.2 Å². The predicted octanol–water partition coefficient (Wildman–Crippen LogP) is 5.77. The summed E-state index contributed by atoms with van der Waals surface area (Å²) in [5.41, 5.74) is 0.330. The highest BCUT2D eigenvalue weighted by Crippen LogP contribution is 2.31. The average Bonchev–Trinajstić information content (AvgIpc) is 2.92. The largest absolute Gasteiger partial charge is 0.456 e. The number of nitrogens with zero attached hydrogens (tertiary/aromatic N) is 2. The van der Waals surface area contributed by atoms with Gasteiger partial charge < -0.3 is 19.3 Å². The van der Waals surface area contributed by atoms with E-state index in [4.69, 9.17) is 32.7 Å². The van der Waals surface area contributed by atoms with Crippen molar-refractivity contribution in [3.05, 3.63) is 82.3 Å². The molecule has 0 aliphatic carbocycles. The number of sulfonamides is 1. The monoisotopic (exact) mass is 591 g/mol. The fourth-order valence-corrected chi connectivity index (χ4v) is 5.85.